The number of rotatable bonds is 5. The Kier molecular flexibility index (Phi) is 5.21. The Morgan fingerprint density at radius 2 is 1.93 bits per heavy atom. The summed E-state index contributed by atoms with van der Waals surface area (Å²) < 4.78 is 27.4. The molecule has 1 aromatic heterocycles. The molecule has 2 aromatic carbocycles. The quantitative estimate of drug-likeness (QED) is 0.700. The Labute approximate surface area is 170 Å². The Bertz CT molecular complexity index is 1110. The van der Waals surface area contributed by atoms with Crippen LogP contribution in [-0.2, 0) is 29.5 Å². The molecule has 0 fully saturated rings. The molecule has 0 bridgehead atoms. The number of carbonyl (C=O) groups excluding carboxylic acids is 1. The fourth-order valence-electron chi connectivity index (χ4n) is 3.51. The molecule has 3 aromatic rings. The first-order valence-electron chi connectivity index (χ1n) is 9.36. The molecule has 0 atom stereocenters. The number of benzene rings is 2. The van der Waals surface area contributed by atoms with Crippen LogP contribution in [0.5, 0.6) is 0 Å². The standard InChI is InChI=1S/C21H22N4O3S/c1-24(14-16-5-3-2-4-6-16)29(27,28)19-8-7-18-15-25(12-10-17(18)13-19)21(26)20-9-11-22-23-20/h2-9,11,13H,10,12,14-15H2,1H3,(H,22,23). The number of H-pyrrole nitrogens is 1. The van der Waals surface area contributed by atoms with Gasteiger partial charge < -0.3 is 4.90 Å². The minimum absolute atomic E-state index is 0.104. The molecule has 150 valence electrons. The van der Waals surface area contributed by atoms with Gasteiger partial charge in [-0.05, 0) is 41.3 Å². The normalized spacial score (nSPS) is 14.1. The summed E-state index contributed by atoms with van der Waals surface area (Å²) >= 11 is 0. The van der Waals surface area contributed by atoms with Gasteiger partial charge in [0.2, 0.25) is 10.0 Å². The van der Waals surface area contributed by atoms with Gasteiger partial charge in [-0.3, -0.25) is 9.89 Å². The van der Waals surface area contributed by atoms with Crippen molar-refractivity contribution in [3.8, 4) is 0 Å². The molecule has 0 aliphatic carbocycles. The fourth-order valence-corrected chi connectivity index (χ4v) is 4.72. The van der Waals surface area contributed by atoms with E-state index < -0.39 is 10.0 Å². The number of sulfonamides is 1. The van der Waals surface area contributed by atoms with Crippen molar-refractivity contribution in [1.82, 2.24) is 19.4 Å². The van der Waals surface area contributed by atoms with Gasteiger partial charge in [0.1, 0.15) is 5.69 Å². The first-order chi connectivity index (χ1) is 13.9. The summed E-state index contributed by atoms with van der Waals surface area (Å²) in [4.78, 5) is 14.5. The zero-order valence-electron chi connectivity index (χ0n) is 16.1. The third kappa shape index (κ3) is 3.94. The van der Waals surface area contributed by atoms with E-state index >= 15 is 0 Å². The maximum Gasteiger partial charge on any atom is 0.272 e. The summed E-state index contributed by atoms with van der Waals surface area (Å²) in [7, 11) is -2.01. The zero-order valence-corrected chi connectivity index (χ0v) is 16.9. The smallest absolute Gasteiger partial charge is 0.272 e. The molecule has 0 saturated carbocycles. The fraction of sp³-hybridized carbons (Fsp3) is 0.238. The van der Waals surface area contributed by atoms with Gasteiger partial charge in [0.05, 0.1) is 4.90 Å². The molecule has 1 amide bonds. The number of hydrogen-bond acceptors (Lipinski definition) is 4. The molecule has 1 N–H and O–H groups in total. The second kappa shape index (κ2) is 7.81. The minimum atomic E-state index is -3.60. The van der Waals surface area contributed by atoms with Crippen molar-refractivity contribution < 1.29 is 13.2 Å². The van der Waals surface area contributed by atoms with E-state index in [4.69, 9.17) is 0 Å². The molecule has 0 saturated heterocycles. The molecule has 2 heterocycles. The van der Waals surface area contributed by atoms with Crippen molar-refractivity contribution >= 4 is 15.9 Å². The molecule has 1 aliphatic heterocycles. The lowest BCUT2D eigenvalue weighted by atomic mass is 9.99. The van der Waals surface area contributed by atoms with Crippen LogP contribution >= 0.6 is 0 Å². The summed E-state index contributed by atoms with van der Waals surface area (Å²) in [5, 5.41) is 6.52. The van der Waals surface area contributed by atoms with E-state index in [1.807, 2.05) is 36.4 Å². The molecule has 7 nitrogen and oxygen atoms in total. The lowest BCUT2D eigenvalue weighted by Crippen LogP contribution is -2.36. The van der Waals surface area contributed by atoms with Crippen LogP contribution in [0.4, 0.5) is 0 Å². The first kappa shape index (κ1) is 19.4. The van der Waals surface area contributed by atoms with Crippen molar-refractivity contribution in [1.29, 1.82) is 0 Å². The average Bonchev–Trinajstić information content (AvgIpc) is 3.28. The highest BCUT2D eigenvalue weighted by Gasteiger charge is 2.26. The Balaban J connectivity index is 1.52. The van der Waals surface area contributed by atoms with Gasteiger partial charge in [0.15, 0.2) is 0 Å². The Hall–Kier alpha value is -2.97. The summed E-state index contributed by atoms with van der Waals surface area (Å²) in [5.41, 5.74) is 3.32. The highest BCUT2D eigenvalue weighted by atomic mass is 32.2. The van der Waals surface area contributed by atoms with Gasteiger partial charge in [-0.1, -0.05) is 36.4 Å². The van der Waals surface area contributed by atoms with Crippen molar-refractivity contribution in [2.45, 2.75) is 24.4 Å². The monoisotopic (exact) mass is 410 g/mol. The van der Waals surface area contributed by atoms with E-state index in [0.717, 1.165) is 16.7 Å². The molecule has 4 rings (SSSR count). The third-order valence-electron chi connectivity index (χ3n) is 5.16. The number of aromatic amines is 1. The highest BCUT2D eigenvalue weighted by molar-refractivity contribution is 7.89. The predicted molar refractivity (Wildman–Crippen MR) is 109 cm³/mol. The second-order valence-electron chi connectivity index (χ2n) is 7.12. The van der Waals surface area contributed by atoms with Crippen LogP contribution in [0, 0.1) is 0 Å². The maximum atomic E-state index is 13.0. The van der Waals surface area contributed by atoms with Crippen LogP contribution in [0.1, 0.15) is 27.2 Å². The van der Waals surface area contributed by atoms with Crippen molar-refractivity contribution in [3.63, 3.8) is 0 Å². The molecule has 1 aliphatic rings. The van der Waals surface area contributed by atoms with E-state index in [0.29, 0.717) is 31.7 Å². The Morgan fingerprint density at radius 3 is 2.66 bits per heavy atom. The average molecular weight is 410 g/mol. The number of aromatic nitrogens is 2. The molecule has 8 heteroatoms. The van der Waals surface area contributed by atoms with Gasteiger partial charge in [0.25, 0.3) is 5.91 Å². The largest absolute Gasteiger partial charge is 0.333 e. The van der Waals surface area contributed by atoms with Gasteiger partial charge in [0, 0.05) is 32.9 Å². The maximum absolute atomic E-state index is 13.0. The summed E-state index contributed by atoms with van der Waals surface area (Å²) in [6.45, 7) is 1.30. The lowest BCUT2D eigenvalue weighted by molar-refractivity contribution is 0.0728. The van der Waals surface area contributed by atoms with E-state index in [9.17, 15) is 13.2 Å². The van der Waals surface area contributed by atoms with Crippen molar-refractivity contribution in [2.75, 3.05) is 13.6 Å². The van der Waals surface area contributed by atoms with Crippen LogP contribution < -0.4 is 0 Å². The number of fused-ring (bicyclic) bond motifs is 1. The predicted octanol–water partition coefficient (Wildman–Crippen LogP) is 2.43. The van der Waals surface area contributed by atoms with E-state index in [1.54, 1.807) is 36.3 Å². The van der Waals surface area contributed by atoms with E-state index in [2.05, 4.69) is 10.2 Å². The van der Waals surface area contributed by atoms with Gasteiger partial charge >= 0.3 is 0 Å². The molecule has 0 radical (unpaired) electrons. The summed E-state index contributed by atoms with van der Waals surface area (Å²) in [6, 6.07) is 16.3. The van der Waals surface area contributed by atoms with Crippen LogP contribution in [0.15, 0.2) is 65.7 Å². The van der Waals surface area contributed by atoms with Crippen LogP contribution in [0.2, 0.25) is 0 Å². The zero-order chi connectivity index (χ0) is 20.4. The SMILES string of the molecule is CN(Cc1ccccc1)S(=O)(=O)c1ccc2c(c1)CCN(C(=O)c1ccn[nH]1)C2. The van der Waals surface area contributed by atoms with Crippen LogP contribution in [0.3, 0.4) is 0 Å². The van der Waals surface area contributed by atoms with Gasteiger partial charge in [-0.2, -0.15) is 9.40 Å². The summed E-state index contributed by atoms with van der Waals surface area (Å²) in [6.07, 6.45) is 2.16. The van der Waals surface area contributed by atoms with Crippen molar-refractivity contribution in [3.05, 3.63) is 83.2 Å². The first-order valence-corrected chi connectivity index (χ1v) is 10.8. The molecule has 0 spiro atoms. The van der Waals surface area contributed by atoms with E-state index in [1.165, 1.54) is 4.31 Å². The van der Waals surface area contributed by atoms with Crippen molar-refractivity contribution in [2.24, 2.45) is 0 Å². The minimum Gasteiger partial charge on any atom is -0.333 e. The van der Waals surface area contributed by atoms with E-state index in [-0.39, 0.29) is 10.8 Å². The molecular formula is C21H22N4O3S. The number of nitrogens with zero attached hydrogens (tertiary/aromatic N) is 3. The molecular weight excluding hydrogens is 388 g/mol. The number of carbonyl (C=O) groups is 1. The number of nitrogens with one attached hydrogen (secondary N) is 1. The molecule has 29 heavy (non-hydrogen) atoms. The topological polar surface area (TPSA) is 86.4 Å². The summed E-state index contributed by atoms with van der Waals surface area (Å²) in [5.74, 6) is -0.104. The third-order valence-corrected chi connectivity index (χ3v) is 6.96. The second-order valence-corrected chi connectivity index (χ2v) is 9.17. The highest BCUT2D eigenvalue weighted by Crippen LogP contribution is 2.25. The van der Waals surface area contributed by atoms with Crippen LogP contribution in [-0.4, -0.2) is 47.3 Å². The van der Waals surface area contributed by atoms with Gasteiger partial charge in [-0.25, -0.2) is 8.42 Å². The van der Waals surface area contributed by atoms with Gasteiger partial charge in [-0.15, -0.1) is 0 Å². The number of hydrogen-bond donors (Lipinski definition) is 1. The molecule has 0 unspecified atom stereocenters. The Morgan fingerprint density at radius 1 is 1.14 bits per heavy atom. The van der Waals surface area contributed by atoms with Crippen LogP contribution in [0.25, 0.3) is 0 Å². The number of amides is 1. The lowest BCUT2D eigenvalue weighted by Gasteiger charge is -2.29.